The van der Waals surface area contributed by atoms with E-state index < -0.39 is 0 Å². The molecule has 0 aliphatic heterocycles. The molecule has 1 aliphatic carbocycles. The molecule has 0 aromatic heterocycles. The van der Waals surface area contributed by atoms with Crippen LogP contribution >= 0.6 is 0 Å². The van der Waals surface area contributed by atoms with E-state index in [4.69, 9.17) is 0 Å². The first-order valence-corrected chi connectivity index (χ1v) is 5.44. The summed E-state index contributed by atoms with van der Waals surface area (Å²) in [6.07, 6.45) is 9.96. The van der Waals surface area contributed by atoms with Crippen LogP contribution in [0, 0.1) is 5.41 Å². The minimum atomic E-state index is 0.341. The van der Waals surface area contributed by atoms with Crippen molar-refractivity contribution in [3.05, 3.63) is 23.3 Å². The molecule has 0 amide bonds. The van der Waals surface area contributed by atoms with E-state index in [1.807, 2.05) is 0 Å². The van der Waals surface area contributed by atoms with Gasteiger partial charge in [-0.3, -0.25) is 0 Å². The Labute approximate surface area is 82.7 Å². The molecular weight excluding hydrogens is 156 g/mol. The molecule has 1 aliphatic rings. The molecule has 0 saturated carbocycles. The van der Waals surface area contributed by atoms with Gasteiger partial charge in [-0.05, 0) is 30.3 Å². The van der Waals surface area contributed by atoms with Gasteiger partial charge in [-0.25, -0.2) is 0 Å². The Balaban J connectivity index is 2.51. The van der Waals surface area contributed by atoms with Gasteiger partial charge in [0.2, 0.25) is 0 Å². The van der Waals surface area contributed by atoms with Crippen LogP contribution in [-0.4, -0.2) is 0 Å². The van der Waals surface area contributed by atoms with Crippen molar-refractivity contribution in [3.8, 4) is 0 Å². The average Bonchev–Trinajstić information content (AvgIpc) is 2.47. The summed E-state index contributed by atoms with van der Waals surface area (Å²) in [7, 11) is 0. The molecule has 0 bridgehead atoms. The van der Waals surface area contributed by atoms with E-state index in [1.54, 1.807) is 5.57 Å². The van der Waals surface area contributed by atoms with Crippen LogP contribution in [0.4, 0.5) is 0 Å². The van der Waals surface area contributed by atoms with Gasteiger partial charge < -0.3 is 0 Å². The highest BCUT2D eigenvalue weighted by Crippen LogP contribution is 2.33. The summed E-state index contributed by atoms with van der Waals surface area (Å²) >= 11 is 0. The Morgan fingerprint density at radius 3 is 2.46 bits per heavy atom. The quantitative estimate of drug-likeness (QED) is 0.597. The Morgan fingerprint density at radius 2 is 2.00 bits per heavy atom. The fraction of sp³-hybridized carbons (Fsp3) is 0.692. The number of hydrogen-bond acceptors (Lipinski definition) is 0. The predicted octanol–water partition coefficient (Wildman–Crippen LogP) is 4.48. The zero-order valence-corrected chi connectivity index (χ0v) is 9.48. The molecule has 0 aromatic rings. The third-order valence-corrected chi connectivity index (χ3v) is 2.66. The van der Waals surface area contributed by atoms with E-state index in [9.17, 15) is 0 Å². The van der Waals surface area contributed by atoms with Gasteiger partial charge in [0.1, 0.15) is 0 Å². The lowest BCUT2D eigenvalue weighted by Crippen LogP contribution is -2.05. The third kappa shape index (κ3) is 3.02. The Bertz CT molecular complexity index is 223. The molecule has 0 unspecified atom stereocenters. The maximum atomic E-state index is 2.41. The van der Waals surface area contributed by atoms with Crippen LogP contribution in [0.25, 0.3) is 0 Å². The van der Waals surface area contributed by atoms with Crippen molar-refractivity contribution >= 4 is 0 Å². The summed E-state index contributed by atoms with van der Waals surface area (Å²) < 4.78 is 0. The molecular formula is C13H22. The fourth-order valence-electron chi connectivity index (χ4n) is 1.68. The lowest BCUT2D eigenvalue weighted by atomic mass is 9.87. The number of rotatable bonds is 3. The summed E-state index contributed by atoms with van der Waals surface area (Å²) in [6, 6.07) is 0. The van der Waals surface area contributed by atoms with Crippen molar-refractivity contribution in [1.82, 2.24) is 0 Å². The minimum Gasteiger partial charge on any atom is -0.0767 e. The molecule has 0 aromatic carbocycles. The minimum absolute atomic E-state index is 0.341. The predicted molar refractivity (Wildman–Crippen MR) is 59.8 cm³/mol. The topological polar surface area (TPSA) is 0 Å². The van der Waals surface area contributed by atoms with Crippen LogP contribution in [-0.2, 0) is 0 Å². The van der Waals surface area contributed by atoms with Crippen LogP contribution in [0.1, 0.15) is 53.4 Å². The monoisotopic (exact) mass is 178 g/mol. The fourth-order valence-corrected chi connectivity index (χ4v) is 1.68. The van der Waals surface area contributed by atoms with Crippen molar-refractivity contribution in [2.45, 2.75) is 53.4 Å². The zero-order chi connectivity index (χ0) is 9.90. The molecule has 0 atom stereocenters. The van der Waals surface area contributed by atoms with Crippen LogP contribution in [0.15, 0.2) is 23.3 Å². The molecule has 13 heavy (non-hydrogen) atoms. The number of hydrogen-bond donors (Lipinski definition) is 0. The van der Waals surface area contributed by atoms with Gasteiger partial charge in [0, 0.05) is 0 Å². The van der Waals surface area contributed by atoms with E-state index in [2.05, 4.69) is 39.8 Å². The molecule has 0 heterocycles. The van der Waals surface area contributed by atoms with Gasteiger partial charge in [0.05, 0.1) is 0 Å². The smallest absolute Gasteiger partial charge is 0.0130 e. The van der Waals surface area contributed by atoms with E-state index in [-0.39, 0.29) is 0 Å². The molecule has 0 radical (unpaired) electrons. The van der Waals surface area contributed by atoms with E-state index in [0.29, 0.717) is 5.41 Å². The molecule has 0 saturated heterocycles. The van der Waals surface area contributed by atoms with Gasteiger partial charge in [0.15, 0.2) is 0 Å². The molecule has 0 spiro atoms. The molecule has 0 fully saturated rings. The van der Waals surface area contributed by atoms with Gasteiger partial charge >= 0.3 is 0 Å². The highest BCUT2D eigenvalue weighted by Gasteiger charge is 2.18. The van der Waals surface area contributed by atoms with Gasteiger partial charge in [-0.15, -0.1) is 0 Å². The van der Waals surface area contributed by atoms with E-state index >= 15 is 0 Å². The summed E-state index contributed by atoms with van der Waals surface area (Å²) in [4.78, 5) is 0. The summed E-state index contributed by atoms with van der Waals surface area (Å²) in [5.74, 6) is 0. The molecule has 0 heteroatoms. The Morgan fingerprint density at radius 1 is 1.31 bits per heavy atom. The van der Waals surface area contributed by atoms with E-state index in [0.717, 1.165) is 0 Å². The van der Waals surface area contributed by atoms with Gasteiger partial charge in [-0.1, -0.05) is 51.8 Å². The standard InChI is InChI=1S/C13H22/c1-5-6-7-11-8-9-12(10-11)13(2,3)4/h9-10H,5-8H2,1-4H3. The first-order valence-electron chi connectivity index (χ1n) is 5.44. The van der Waals surface area contributed by atoms with Crippen molar-refractivity contribution in [1.29, 1.82) is 0 Å². The van der Waals surface area contributed by atoms with Crippen molar-refractivity contribution in [2.75, 3.05) is 0 Å². The lowest BCUT2D eigenvalue weighted by Gasteiger charge is -2.18. The van der Waals surface area contributed by atoms with Crippen LogP contribution < -0.4 is 0 Å². The number of unbranched alkanes of at least 4 members (excludes halogenated alkanes) is 1. The maximum absolute atomic E-state index is 2.41. The van der Waals surface area contributed by atoms with Gasteiger partial charge in [0.25, 0.3) is 0 Å². The zero-order valence-electron chi connectivity index (χ0n) is 9.48. The third-order valence-electron chi connectivity index (χ3n) is 2.66. The van der Waals surface area contributed by atoms with Crippen molar-refractivity contribution in [2.24, 2.45) is 5.41 Å². The molecule has 1 rings (SSSR count). The highest BCUT2D eigenvalue weighted by molar-refractivity contribution is 5.36. The second-order valence-electron chi connectivity index (χ2n) is 5.02. The van der Waals surface area contributed by atoms with Crippen molar-refractivity contribution < 1.29 is 0 Å². The van der Waals surface area contributed by atoms with E-state index in [1.165, 1.54) is 31.3 Å². The summed E-state index contributed by atoms with van der Waals surface area (Å²) in [5, 5.41) is 0. The molecule has 0 N–H and O–H groups in total. The normalized spacial score (nSPS) is 17.2. The molecule has 74 valence electrons. The SMILES string of the molecule is CCCCC1=CC(C(C)(C)C)=CC1. The molecule has 0 nitrogen and oxygen atoms in total. The van der Waals surface area contributed by atoms with Gasteiger partial charge in [-0.2, -0.15) is 0 Å². The van der Waals surface area contributed by atoms with Crippen LogP contribution in [0.3, 0.4) is 0 Å². The highest BCUT2D eigenvalue weighted by atomic mass is 14.2. The number of allylic oxidation sites excluding steroid dienone is 4. The average molecular weight is 178 g/mol. The van der Waals surface area contributed by atoms with Crippen LogP contribution in [0.2, 0.25) is 0 Å². The second-order valence-corrected chi connectivity index (χ2v) is 5.02. The largest absolute Gasteiger partial charge is 0.0767 e. The van der Waals surface area contributed by atoms with Crippen molar-refractivity contribution in [3.63, 3.8) is 0 Å². The van der Waals surface area contributed by atoms with Crippen LogP contribution in [0.5, 0.6) is 0 Å². The second kappa shape index (κ2) is 4.13. The first kappa shape index (κ1) is 10.6. The Hall–Kier alpha value is -0.520. The summed E-state index contributed by atoms with van der Waals surface area (Å²) in [6.45, 7) is 9.13. The lowest BCUT2D eigenvalue weighted by molar-refractivity contribution is 0.517. The maximum Gasteiger partial charge on any atom is -0.0130 e. The Kier molecular flexibility index (Phi) is 3.35. The summed E-state index contributed by atoms with van der Waals surface area (Å²) in [5.41, 5.74) is 3.50. The first-order chi connectivity index (χ1) is 6.04.